The first kappa shape index (κ1) is 14.6. The molecule has 0 aliphatic carbocycles. The number of carbonyl (C=O) groups is 1. The van der Waals surface area contributed by atoms with E-state index in [2.05, 4.69) is 25.7 Å². The lowest BCUT2D eigenvalue weighted by Gasteiger charge is -2.12. The van der Waals surface area contributed by atoms with Crippen molar-refractivity contribution in [1.29, 1.82) is 0 Å². The lowest BCUT2D eigenvalue weighted by molar-refractivity contribution is -0.276. The van der Waals surface area contributed by atoms with Crippen LogP contribution in [0.5, 0.6) is 5.88 Å². The van der Waals surface area contributed by atoms with E-state index in [1.54, 1.807) is 0 Å². The number of ether oxygens (including phenoxy) is 1. The number of carboxylic acids is 1. The molecular weight excluding hydrogens is 323 g/mol. The van der Waals surface area contributed by atoms with Gasteiger partial charge in [-0.2, -0.15) is 0 Å². The van der Waals surface area contributed by atoms with Crippen molar-refractivity contribution in [3.63, 3.8) is 0 Å². The smallest absolute Gasteiger partial charge is 0.481 e. The summed E-state index contributed by atoms with van der Waals surface area (Å²) in [5.74, 6) is -2.33. The third-order valence-corrected chi connectivity index (χ3v) is 2.51. The summed E-state index contributed by atoms with van der Waals surface area (Å²) >= 11 is 2.96. The van der Waals surface area contributed by atoms with Gasteiger partial charge in [-0.05, 0) is 0 Å². The number of hydrogen-bond donors (Lipinski definition) is 2. The van der Waals surface area contributed by atoms with Gasteiger partial charge in [0.05, 0.1) is 12.0 Å². The summed E-state index contributed by atoms with van der Waals surface area (Å²) in [6.07, 6.45) is -4.84. The number of hydrogen-bond acceptors (Lipinski definition) is 3. The molecule has 0 aliphatic rings. The molecule has 0 saturated heterocycles. The molecule has 0 atom stereocenters. The van der Waals surface area contributed by atoms with Crippen molar-refractivity contribution in [2.45, 2.75) is 18.1 Å². The molecular formula is C9H7BrF3NO4. The van der Waals surface area contributed by atoms with Crippen molar-refractivity contribution in [1.82, 2.24) is 4.98 Å². The first-order valence-corrected chi connectivity index (χ1v) is 5.63. The minimum atomic E-state index is -5.01. The summed E-state index contributed by atoms with van der Waals surface area (Å²) in [6, 6.07) is 0. The van der Waals surface area contributed by atoms with Crippen molar-refractivity contribution in [3.8, 4) is 5.88 Å². The Hall–Kier alpha value is -1.51. The van der Waals surface area contributed by atoms with Gasteiger partial charge >= 0.3 is 12.3 Å². The number of pyridine rings is 1. The fraction of sp³-hybridized carbons (Fsp3) is 0.333. The maximum Gasteiger partial charge on any atom is 0.574 e. The second-order valence-corrected chi connectivity index (χ2v) is 3.76. The molecule has 0 unspecified atom stereocenters. The molecule has 0 bridgehead atoms. The number of aliphatic carboxylic acids is 1. The Morgan fingerprint density at radius 2 is 2.11 bits per heavy atom. The maximum atomic E-state index is 12.1. The van der Waals surface area contributed by atoms with E-state index < -0.39 is 35.6 Å². The van der Waals surface area contributed by atoms with Gasteiger partial charge in [-0.1, -0.05) is 15.9 Å². The highest BCUT2D eigenvalue weighted by atomic mass is 79.9. The number of rotatable bonds is 4. The van der Waals surface area contributed by atoms with E-state index in [9.17, 15) is 22.8 Å². The zero-order valence-electron chi connectivity index (χ0n) is 8.68. The molecule has 0 saturated carbocycles. The van der Waals surface area contributed by atoms with Crippen LogP contribution in [0.15, 0.2) is 11.0 Å². The quantitative estimate of drug-likeness (QED) is 0.825. The molecule has 9 heteroatoms. The lowest BCUT2D eigenvalue weighted by Crippen LogP contribution is -2.24. The number of aromatic nitrogens is 1. The molecule has 0 amide bonds. The average Bonchev–Trinajstić information content (AvgIpc) is 2.21. The molecule has 100 valence electrons. The van der Waals surface area contributed by atoms with E-state index in [1.807, 2.05) is 0 Å². The van der Waals surface area contributed by atoms with Crippen LogP contribution in [0.25, 0.3) is 0 Å². The molecule has 1 aromatic heterocycles. The summed E-state index contributed by atoms with van der Waals surface area (Å²) in [5, 5.41) is 8.66. The standard InChI is InChI=1S/C9H7BrF3NO4/c10-2-4-3-14-8(18-9(11,12)13)5(7(4)17)1-6(15)16/h3H,1-2H2,(H,14,17)(H,15,16). The van der Waals surface area contributed by atoms with Gasteiger partial charge in [0.25, 0.3) is 0 Å². The molecule has 5 nitrogen and oxygen atoms in total. The van der Waals surface area contributed by atoms with Gasteiger partial charge in [0.2, 0.25) is 5.88 Å². The Morgan fingerprint density at radius 3 is 2.56 bits per heavy atom. The van der Waals surface area contributed by atoms with Crippen LogP contribution in [-0.4, -0.2) is 22.4 Å². The number of alkyl halides is 4. The predicted molar refractivity (Wildman–Crippen MR) is 57.7 cm³/mol. The Morgan fingerprint density at radius 1 is 1.50 bits per heavy atom. The van der Waals surface area contributed by atoms with Crippen LogP contribution >= 0.6 is 15.9 Å². The van der Waals surface area contributed by atoms with Crippen LogP contribution in [-0.2, 0) is 16.5 Å². The van der Waals surface area contributed by atoms with E-state index in [0.717, 1.165) is 6.20 Å². The number of H-pyrrole nitrogens is 1. The number of carboxylic acid groups (broad SMARTS) is 1. The van der Waals surface area contributed by atoms with Crippen LogP contribution in [0.3, 0.4) is 0 Å². The topological polar surface area (TPSA) is 79.4 Å². The minimum absolute atomic E-state index is 0.0846. The Kier molecular flexibility index (Phi) is 4.38. The highest BCUT2D eigenvalue weighted by molar-refractivity contribution is 9.08. The Balaban J connectivity index is 3.29. The average molecular weight is 330 g/mol. The van der Waals surface area contributed by atoms with Crippen molar-refractivity contribution < 1.29 is 27.8 Å². The van der Waals surface area contributed by atoms with Crippen molar-refractivity contribution >= 4 is 21.9 Å². The third kappa shape index (κ3) is 3.76. The molecule has 1 heterocycles. The van der Waals surface area contributed by atoms with E-state index in [1.165, 1.54) is 0 Å². The van der Waals surface area contributed by atoms with Gasteiger partial charge in [0.1, 0.15) is 0 Å². The summed E-state index contributed by atoms with van der Waals surface area (Å²) < 4.78 is 39.8. The number of nitrogens with one attached hydrogen (secondary N) is 1. The van der Waals surface area contributed by atoms with E-state index >= 15 is 0 Å². The Labute approximate surface area is 107 Å². The summed E-state index contributed by atoms with van der Waals surface area (Å²) in [7, 11) is 0. The molecule has 1 rings (SSSR count). The SMILES string of the molecule is O=C(O)Cc1c(OC(F)(F)F)[nH]cc(CBr)c1=O. The van der Waals surface area contributed by atoms with Gasteiger partial charge in [0, 0.05) is 17.1 Å². The van der Waals surface area contributed by atoms with E-state index in [-0.39, 0.29) is 10.9 Å². The predicted octanol–water partition coefficient (Wildman–Crippen LogP) is 1.80. The third-order valence-electron chi connectivity index (χ3n) is 1.91. The summed E-state index contributed by atoms with van der Waals surface area (Å²) in [4.78, 5) is 24.3. The second-order valence-electron chi connectivity index (χ2n) is 3.20. The molecule has 0 aromatic carbocycles. The van der Waals surface area contributed by atoms with Crippen LogP contribution in [0.2, 0.25) is 0 Å². The van der Waals surface area contributed by atoms with Crippen LogP contribution in [0.1, 0.15) is 11.1 Å². The summed E-state index contributed by atoms with van der Waals surface area (Å²) in [6.45, 7) is 0. The van der Waals surface area contributed by atoms with Gasteiger partial charge in [-0.15, -0.1) is 13.2 Å². The largest absolute Gasteiger partial charge is 0.574 e. The highest BCUT2D eigenvalue weighted by Crippen LogP contribution is 2.23. The van der Waals surface area contributed by atoms with Gasteiger partial charge in [-0.3, -0.25) is 9.59 Å². The van der Waals surface area contributed by atoms with Gasteiger partial charge < -0.3 is 14.8 Å². The molecule has 2 N–H and O–H groups in total. The normalized spacial score (nSPS) is 11.3. The van der Waals surface area contributed by atoms with Crippen LogP contribution < -0.4 is 10.2 Å². The van der Waals surface area contributed by atoms with Crippen molar-refractivity contribution in [2.24, 2.45) is 0 Å². The fourth-order valence-corrected chi connectivity index (χ4v) is 1.64. The van der Waals surface area contributed by atoms with Crippen molar-refractivity contribution in [3.05, 3.63) is 27.5 Å². The van der Waals surface area contributed by atoms with Crippen LogP contribution in [0, 0.1) is 0 Å². The minimum Gasteiger partial charge on any atom is -0.481 e. The second kappa shape index (κ2) is 5.42. The van der Waals surface area contributed by atoms with Gasteiger partial charge in [-0.25, -0.2) is 0 Å². The lowest BCUT2D eigenvalue weighted by atomic mass is 10.1. The van der Waals surface area contributed by atoms with E-state index in [4.69, 9.17) is 5.11 Å². The molecule has 0 spiro atoms. The molecule has 0 aliphatic heterocycles. The molecule has 0 fully saturated rings. The van der Waals surface area contributed by atoms with Crippen LogP contribution in [0.4, 0.5) is 13.2 Å². The Bertz CT molecular complexity index is 512. The maximum absolute atomic E-state index is 12.1. The zero-order valence-corrected chi connectivity index (χ0v) is 10.3. The number of halogens is 4. The fourth-order valence-electron chi connectivity index (χ4n) is 1.22. The molecule has 18 heavy (non-hydrogen) atoms. The summed E-state index contributed by atoms with van der Waals surface area (Å²) in [5.41, 5.74) is -1.26. The highest BCUT2D eigenvalue weighted by Gasteiger charge is 2.33. The number of aromatic amines is 1. The monoisotopic (exact) mass is 329 g/mol. The zero-order chi connectivity index (χ0) is 13.9. The van der Waals surface area contributed by atoms with Gasteiger partial charge in [0.15, 0.2) is 5.43 Å². The molecule has 1 aromatic rings. The van der Waals surface area contributed by atoms with E-state index in [0.29, 0.717) is 0 Å². The van der Waals surface area contributed by atoms with Crippen molar-refractivity contribution in [2.75, 3.05) is 0 Å². The molecule has 0 radical (unpaired) electrons. The first-order valence-electron chi connectivity index (χ1n) is 4.51. The first-order chi connectivity index (χ1) is 8.24.